The van der Waals surface area contributed by atoms with Gasteiger partial charge in [0, 0.05) is 47.6 Å². The van der Waals surface area contributed by atoms with Crippen LogP contribution in [0.25, 0.3) is 0 Å². The quantitative estimate of drug-likeness (QED) is 0.364. The predicted octanol–water partition coefficient (Wildman–Crippen LogP) is 4.31. The minimum Gasteiger partial charge on any atom is -0.376 e. The molecule has 4 N–H and O–H groups in total. The summed E-state index contributed by atoms with van der Waals surface area (Å²) < 4.78 is 27.3. The molecule has 2 aliphatic rings. The molecule has 2 unspecified atom stereocenters. The molecule has 1 amide bonds. The van der Waals surface area contributed by atoms with E-state index in [2.05, 4.69) is 16.0 Å². The van der Waals surface area contributed by atoms with Crippen LogP contribution in [0.15, 0.2) is 71.0 Å². The smallest absolute Gasteiger partial charge is 0.269 e. The van der Waals surface area contributed by atoms with Crippen LogP contribution in [0, 0.1) is 12.3 Å². The Balaban J connectivity index is 1.45. The lowest BCUT2D eigenvalue weighted by atomic mass is 9.97. The van der Waals surface area contributed by atoms with Crippen LogP contribution >= 0.6 is 23.2 Å². The average Bonchev–Trinajstić information content (AvgIpc) is 3.28. The monoisotopic (exact) mass is 590 g/mol. The second-order valence-electron chi connectivity index (χ2n) is 9.55. The molecule has 0 aliphatic carbocycles. The first-order valence-corrected chi connectivity index (χ1v) is 14.8. The van der Waals surface area contributed by atoms with Crippen LogP contribution in [0.2, 0.25) is 10.0 Å². The summed E-state index contributed by atoms with van der Waals surface area (Å²) in [5.74, 6) is 0.302. The standard InChI is InChI=1S/C27H32Cl2N6O3S/c1-17-6-8-22(9-7-17)39(37,38)35-12-10-23(26(35)30)27(31-3)33-24-5-4-11-34(18(24)2)25(36)16-32-21-14-19(28)13-20(29)15-21/h6-10,12-15,18,24,30-33H,4-5,11,16H2,1-3H3/b27-23+,30-26?. The number of anilines is 1. The molecule has 0 radical (unpaired) electrons. The highest BCUT2D eigenvalue weighted by molar-refractivity contribution is 7.89. The van der Waals surface area contributed by atoms with Gasteiger partial charge in [-0.15, -0.1) is 0 Å². The maximum atomic E-state index is 13.2. The van der Waals surface area contributed by atoms with E-state index in [4.69, 9.17) is 28.6 Å². The maximum Gasteiger partial charge on any atom is 0.269 e. The van der Waals surface area contributed by atoms with Crippen molar-refractivity contribution in [2.24, 2.45) is 0 Å². The molecule has 2 heterocycles. The Morgan fingerprint density at radius 3 is 2.44 bits per heavy atom. The molecule has 1 saturated heterocycles. The molecule has 2 atom stereocenters. The lowest BCUT2D eigenvalue weighted by molar-refractivity contribution is -0.133. The molecular formula is C27H32Cl2N6O3S. The molecular weight excluding hydrogens is 559 g/mol. The van der Waals surface area contributed by atoms with Crippen molar-refractivity contribution in [2.45, 2.75) is 43.7 Å². The fourth-order valence-corrected chi connectivity index (χ4v) is 6.53. The van der Waals surface area contributed by atoms with E-state index < -0.39 is 10.0 Å². The fraction of sp³-hybridized carbons (Fsp3) is 0.333. The molecule has 208 valence electrons. The molecule has 12 heteroatoms. The van der Waals surface area contributed by atoms with Gasteiger partial charge in [0.15, 0.2) is 0 Å². The van der Waals surface area contributed by atoms with E-state index in [0.29, 0.717) is 33.7 Å². The van der Waals surface area contributed by atoms with Crippen molar-refractivity contribution in [3.05, 3.63) is 81.7 Å². The summed E-state index contributed by atoms with van der Waals surface area (Å²) in [6.07, 6.45) is 4.59. The van der Waals surface area contributed by atoms with Crippen LogP contribution in [0.3, 0.4) is 0 Å². The van der Waals surface area contributed by atoms with Crippen LogP contribution in [-0.4, -0.2) is 61.6 Å². The number of halogens is 2. The topological polar surface area (TPSA) is 118 Å². The number of aryl methyl sites for hydroxylation is 1. The highest BCUT2D eigenvalue weighted by atomic mass is 35.5. The van der Waals surface area contributed by atoms with Gasteiger partial charge in [-0.1, -0.05) is 40.9 Å². The van der Waals surface area contributed by atoms with Gasteiger partial charge < -0.3 is 20.9 Å². The van der Waals surface area contributed by atoms with Crippen LogP contribution in [0.1, 0.15) is 25.3 Å². The van der Waals surface area contributed by atoms with Gasteiger partial charge in [-0.2, -0.15) is 0 Å². The Morgan fingerprint density at radius 2 is 1.79 bits per heavy atom. The van der Waals surface area contributed by atoms with Crippen molar-refractivity contribution in [3.8, 4) is 0 Å². The molecule has 1 fully saturated rings. The summed E-state index contributed by atoms with van der Waals surface area (Å²) in [5, 5.41) is 19.2. The normalized spacial score (nSPS) is 20.7. The second kappa shape index (κ2) is 11.9. The van der Waals surface area contributed by atoms with Crippen LogP contribution < -0.4 is 16.0 Å². The van der Waals surface area contributed by atoms with E-state index >= 15 is 0 Å². The van der Waals surface area contributed by atoms with Gasteiger partial charge in [-0.05, 0) is 63.1 Å². The average molecular weight is 592 g/mol. The van der Waals surface area contributed by atoms with E-state index in [1.54, 1.807) is 43.5 Å². The number of sulfonamides is 1. The van der Waals surface area contributed by atoms with Crippen LogP contribution in [-0.2, 0) is 14.8 Å². The second-order valence-corrected chi connectivity index (χ2v) is 12.2. The first-order chi connectivity index (χ1) is 18.5. The summed E-state index contributed by atoms with van der Waals surface area (Å²) in [4.78, 5) is 15.0. The van der Waals surface area contributed by atoms with Crippen molar-refractivity contribution in [1.82, 2.24) is 19.8 Å². The number of nitrogens with zero attached hydrogens (tertiary/aromatic N) is 2. The molecule has 39 heavy (non-hydrogen) atoms. The van der Waals surface area contributed by atoms with Crippen molar-refractivity contribution >= 4 is 50.7 Å². The minimum absolute atomic E-state index is 0.0624. The third-order valence-electron chi connectivity index (χ3n) is 6.89. The highest BCUT2D eigenvalue weighted by Crippen LogP contribution is 2.27. The third kappa shape index (κ3) is 6.34. The zero-order chi connectivity index (χ0) is 28.3. The lowest BCUT2D eigenvalue weighted by Crippen LogP contribution is -2.56. The first kappa shape index (κ1) is 28.8. The number of benzene rings is 2. The van der Waals surface area contributed by atoms with Gasteiger partial charge >= 0.3 is 0 Å². The number of likely N-dealkylation sites (tertiary alicyclic amines) is 1. The molecule has 2 aliphatic heterocycles. The largest absolute Gasteiger partial charge is 0.376 e. The Hall–Kier alpha value is -3.21. The Morgan fingerprint density at radius 1 is 1.13 bits per heavy atom. The lowest BCUT2D eigenvalue weighted by Gasteiger charge is -2.40. The van der Waals surface area contributed by atoms with Gasteiger partial charge in [0.2, 0.25) is 5.91 Å². The van der Waals surface area contributed by atoms with Gasteiger partial charge in [-0.3, -0.25) is 10.2 Å². The van der Waals surface area contributed by atoms with Gasteiger partial charge in [0.05, 0.1) is 17.0 Å². The Kier molecular flexibility index (Phi) is 8.78. The van der Waals surface area contributed by atoms with E-state index in [1.807, 2.05) is 18.7 Å². The number of piperidine rings is 1. The number of hydrogen-bond acceptors (Lipinski definition) is 7. The number of amides is 1. The molecule has 0 saturated carbocycles. The van der Waals surface area contributed by atoms with Gasteiger partial charge in [-0.25, -0.2) is 12.7 Å². The summed E-state index contributed by atoms with van der Waals surface area (Å²) in [5.41, 5.74) is 2.03. The number of carbonyl (C=O) groups excluding carboxylic acids is 1. The van der Waals surface area contributed by atoms with Crippen LogP contribution in [0.4, 0.5) is 5.69 Å². The summed E-state index contributed by atoms with van der Waals surface area (Å²) in [6.45, 7) is 4.58. The van der Waals surface area contributed by atoms with Crippen molar-refractivity contribution in [2.75, 3.05) is 25.5 Å². The van der Waals surface area contributed by atoms with E-state index in [9.17, 15) is 13.2 Å². The minimum atomic E-state index is -3.92. The van der Waals surface area contributed by atoms with Crippen molar-refractivity contribution < 1.29 is 13.2 Å². The number of nitrogens with one attached hydrogen (secondary N) is 4. The molecule has 0 spiro atoms. The van der Waals surface area contributed by atoms with Gasteiger partial charge in [0.25, 0.3) is 10.0 Å². The molecule has 4 rings (SSSR count). The highest BCUT2D eigenvalue weighted by Gasteiger charge is 2.34. The maximum absolute atomic E-state index is 13.2. The SMILES string of the molecule is CN/C(NC1CCCN(C(=O)CNc2cc(Cl)cc(Cl)c2)C1C)=C1/C=CN(S(=O)(=O)c2ccc(C)cc2)C1=N. The van der Waals surface area contributed by atoms with Crippen molar-refractivity contribution in [3.63, 3.8) is 0 Å². The zero-order valence-corrected chi connectivity index (χ0v) is 24.3. The van der Waals surface area contributed by atoms with E-state index in [-0.39, 0.29) is 35.3 Å². The molecule has 9 nitrogen and oxygen atoms in total. The van der Waals surface area contributed by atoms with Gasteiger partial charge in [0.1, 0.15) is 11.7 Å². The molecule has 2 aromatic rings. The molecule has 0 bridgehead atoms. The number of amidine groups is 1. The molecule has 2 aromatic carbocycles. The molecule has 0 aromatic heterocycles. The Labute approximate surface area is 239 Å². The number of rotatable bonds is 8. The Bertz CT molecular complexity index is 1410. The number of carbonyl (C=O) groups is 1. The van der Waals surface area contributed by atoms with Crippen LogP contribution in [0.5, 0.6) is 0 Å². The zero-order valence-electron chi connectivity index (χ0n) is 22.0. The van der Waals surface area contributed by atoms with E-state index in [1.165, 1.54) is 18.3 Å². The summed E-state index contributed by atoms with van der Waals surface area (Å²) in [6, 6.07) is 11.3. The van der Waals surface area contributed by atoms with Crippen molar-refractivity contribution in [1.29, 1.82) is 5.41 Å². The number of hydrogen-bond donors (Lipinski definition) is 4. The summed E-state index contributed by atoms with van der Waals surface area (Å²) >= 11 is 12.1. The third-order valence-corrected chi connectivity index (χ3v) is 9.02. The fourth-order valence-electron chi connectivity index (χ4n) is 4.73. The van der Waals surface area contributed by atoms with E-state index in [0.717, 1.165) is 22.7 Å². The first-order valence-electron chi connectivity index (χ1n) is 12.6. The summed E-state index contributed by atoms with van der Waals surface area (Å²) in [7, 11) is -2.21. The predicted molar refractivity (Wildman–Crippen MR) is 155 cm³/mol.